The van der Waals surface area contributed by atoms with Crippen molar-refractivity contribution < 1.29 is 22.7 Å². The fourth-order valence-corrected chi connectivity index (χ4v) is 6.35. The van der Waals surface area contributed by atoms with Crippen LogP contribution in [0, 0.1) is 0 Å². The molecule has 1 N–H and O–H groups in total. The topological polar surface area (TPSA) is 96.0 Å². The van der Waals surface area contributed by atoms with Crippen LogP contribution in [0.5, 0.6) is 5.75 Å². The molecule has 1 unspecified atom stereocenters. The number of halogens is 1. The molecular formula is C35H38ClN3O5S. The van der Waals surface area contributed by atoms with E-state index in [2.05, 4.69) is 5.32 Å². The molecule has 0 bridgehead atoms. The maximum absolute atomic E-state index is 14.5. The van der Waals surface area contributed by atoms with Gasteiger partial charge in [0.2, 0.25) is 11.8 Å². The summed E-state index contributed by atoms with van der Waals surface area (Å²) in [5.74, 6) is -0.367. The molecule has 4 rings (SSSR count). The number of hydrogen-bond acceptors (Lipinski definition) is 5. The van der Waals surface area contributed by atoms with Crippen molar-refractivity contribution in [3.63, 3.8) is 0 Å². The second-order valence-electron chi connectivity index (χ2n) is 11.6. The highest BCUT2D eigenvalue weighted by atomic mass is 35.5. The Bertz CT molecular complexity index is 1680. The molecular weight excluding hydrogens is 610 g/mol. The molecule has 8 nitrogen and oxygen atoms in total. The minimum absolute atomic E-state index is 0.0316. The fraction of sp³-hybridized carbons (Fsp3) is 0.257. The number of carbonyl (C=O) groups excluding carboxylic acids is 2. The van der Waals surface area contributed by atoms with E-state index in [1.54, 1.807) is 66.7 Å². The van der Waals surface area contributed by atoms with E-state index in [1.165, 1.54) is 24.1 Å². The third-order valence-corrected chi connectivity index (χ3v) is 9.05. The Morgan fingerprint density at radius 3 is 1.96 bits per heavy atom. The number of carbonyl (C=O) groups is 2. The number of amides is 2. The summed E-state index contributed by atoms with van der Waals surface area (Å²) in [5, 5.41) is 3.55. The molecule has 0 aliphatic heterocycles. The highest BCUT2D eigenvalue weighted by molar-refractivity contribution is 7.92. The zero-order chi connectivity index (χ0) is 32.6. The third kappa shape index (κ3) is 9.09. The van der Waals surface area contributed by atoms with Gasteiger partial charge in [0.25, 0.3) is 10.0 Å². The third-order valence-electron chi connectivity index (χ3n) is 7.01. The molecule has 2 amide bonds. The van der Waals surface area contributed by atoms with Gasteiger partial charge in [-0.15, -0.1) is 0 Å². The van der Waals surface area contributed by atoms with Gasteiger partial charge in [0.1, 0.15) is 18.3 Å². The molecule has 0 aromatic heterocycles. The molecule has 4 aromatic rings. The monoisotopic (exact) mass is 647 g/mol. The Hall–Kier alpha value is -4.34. The molecule has 1 atom stereocenters. The van der Waals surface area contributed by atoms with E-state index >= 15 is 0 Å². The lowest BCUT2D eigenvalue weighted by Gasteiger charge is -2.35. The number of methoxy groups -OCH3 is 1. The van der Waals surface area contributed by atoms with Crippen LogP contribution in [0.3, 0.4) is 0 Å². The zero-order valence-electron chi connectivity index (χ0n) is 25.8. The molecule has 0 aliphatic carbocycles. The summed E-state index contributed by atoms with van der Waals surface area (Å²) < 4.78 is 34.4. The van der Waals surface area contributed by atoms with E-state index in [4.69, 9.17) is 16.3 Å². The van der Waals surface area contributed by atoms with Crippen molar-refractivity contribution in [3.8, 4) is 5.75 Å². The van der Waals surface area contributed by atoms with Gasteiger partial charge in [-0.05, 0) is 80.4 Å². The first-order valence-electron chi connectivity index (χ1n) is 14.5. The van der Waals surface area contributed by atoms with Crippen molar-refractivity contribution in [1.29, 1.82) is 0 Å². The second-order valence-corrected chi connectivity index (χ2v) is 13.9. The minimum atomic E-state index is -4.19. The Morgan fingerprint density at radius 1 is 0.822 bits per heavy atom. The van der Waals surface area contributed by atoms with Crippen LogP contribution in [0.1, 0.15) is 31.9 Å². The highest BCUT2D eigenvalue weighted by Crippen LogP contribution is 2.27. The Kier molecular flexibility index (Phi) is 10.9. The van der Waals surface area contributed by atoms with Crippen LogP contribution in [-0.4, -0.2) is 50.4 Å². The fourth-order valence-electron chi connectivity index (χ4n) is 4.79. The smallest absolute Gasteiger partial charge is 0.264 e. The molecule has 236 valence electrons. The Labute approximate surface area is 270 Å². The standard InChI is InChI=1S/C35H38ClN3O5S/c1-35(2,3)37-34(41)32(23-26-11-7-5-8-12-26)38(24-27-15-17-28(36)18-16-27)33(40)25-39(29-19-21-30(44-4)22-20-29)45(42,43)31-13-9-6-10-14-31/h5-22,32H,23-25H2,1-4H3,(H,37,41). The van der Waals surface area contributed by atoms with Crippen LogP contribution >= 0.6 is 11.6 Å². The van der Waals surface area contributed by atoms with Crippen LogP contribution in [-0.2, 0) is 32.6 Å². The first kappa shape index (κ1) is 33.6. The van der Waals surface area contributed by atoms with E-state index in [9.17, 15) is 18.0 Å². The molecule has 0 aliphatic rings. The lowest BCUT2D eigenvalue weighted by Crippen LogP contribution is -2.56. The normalized spacial score (nSPS) is 12.2. The van der Waals surface area contributed by atoms with Crippen LogP contribution < -0.4 is 14.4 Å². The Balaban J connectivity index is 1.81. The molecule has 4 aromatic carbocycles. The van der Waals surface area contributed by atoms with E-state index in [0.717, 1.165) is 15.4 Å². The average molecular weight is 648 g/mol. The van der Waals surface area contributed by atoms with Gasteiger partial charge in [-0.3, -0.25) is 13.9 Å². The lowest BCUT2D eigenvalue weighted by atomic mass is 10.0. The average Bonchev–Trinajstić information content (AvgIpc) is 3.02. The lowest BCUT2D eigenvalue weighted by molar-refractivity contribution is -0.140. The molecule has 0 fully saturated rings. The second kappa shape index (κ2) is 14.6. The summed E-state index contributed by atoms with van der Waals surface area (Å²) in [6.45, 7) is 5.10. The molecule has 45 heavy (non-hydrogen) atoms. The predicted molar refractivity (Wildman–Crippen MR) is 178 cm³/mol. The maximum atomic E-state index is 14.5. The first-order valence-corrected chi connectivity index (χ1v) is 16.3. The van der Waals surface area contributed by atoms with Crippen molar-refractivity contribution in [2.24, 2.45) is 0 Å². The summed E-state index contributed by atoms with van der Waals surface area (Å²) in [6, 6.07) is 29.8. The number of sulfonamides is 1. The summed E-state index contributed by atoms with van der Waals surface area (Å²) in [4.78, 5) is 29.9. The van der Waals surface area contributed by atoms with Crippen LogP contribution in [0.4, 0.5) is 5.69 Å². The summed E-state index contributed by atoms with van der Waals surface area (Å²) in [7, 11) is -2.67. The summed E-state index contributed by atoms with van der Waals surface area (Å²) in [5.41, 5.74) is 1.28. The molecule has 0 saturated heterocycles. The number of nitrogens with one attached hydrogen (secondary N) is 1. The van der Waals surface area contributed by atoms with Crippen molar-refractivity contribution in [2.45, 2.75) is 50.2 Å². The Morgan fingerprint density at radius 2 is 1.40 bits per heavy atom. The van der Waals surface area contributed by atoms with Crippen molar-refractivity contribution >= 4 is 39.1 Å². The van der Waals surface area contributed by atoms with Crippen molar-refractivity contribution in [3.05, 3.63) is 125 Å². The van der Waals surface area contributed by atoms with E-state index in [0.29, 0.717) is 10.8 Å². The summed E-state index contributed by atoms with van der Waals surface area (Å²) >= 11 is 6.14. The molecule has 0 spiro atoms. The van der Waals surface area contributed by atoms with Gasteiger partial charge >= 0.3 is 0 Å². The van der Waals surface area contributed by atoms with Gasteiger partial charge < -0.3 is 15.0 Å². The predicted octanol–water partition coefficient (Wildman–Crippen LogP) is 6.10. The van der Waals surface area contributed by atoms with E-state index in [-0.39, 0.29) is 29.5 Å². The number of anilines is 1. The zero-order valence-corrected chi connectivity index (χ0v) is 27.4. The van der Waals surface area contributed by atoms with Crippen LogP contribution in [0.15, 0.2) is 114 Å². The summed E-state index contributed by atoms with van der Waals surface area (Å²) in [6.07, 6.45) is 0.218. The van der Waals surface area contributed by atoms with Gasteiger partial charge in [-0.1, -0.05) is 72.3 Å². The molecule has 0 radical (unpaired) electrons. The number of ether oxygens (including phenoxy) is 1. The van der Waals surface area contributed by atoms with E-state index < -0.39 is 34.1 Å². The number of nitrogens with zero attached hydrogens (tertiary/aromatic N) is 2. The maximum Gasteiger partial charge on any atom is 0.264 e. The van der Waals surface area contributed by atoms with Gasteiger partial charge in [-0.25, -0.2) is 8.42 Å². The molecule has 0 heterocycles. The van der Waals surface area contributed by atoms with Gasteiger partial charge in [0.15, 0.2) is 0 Å². The first-order chi connectivity index (χ1) is 21.4. The van der Waals surface area contributed by atoms with Crippen LogP contribution in [0.25, 0.3) is 0 Å². The highest BCUT2D eigenvalue weighted by Gasteiger charge is 2.35. The largest absolute Gasteiger partial charge is 0.497 e. The van der Waals surface area contributed by atoms with Crippen molar-refractivity contribution in [1.82, 2.24) is 10.2 Å². The SMILES string of the molecule is COc1ccc(N(CC(=O)N(Cc2ccc(Cl)cc2)C(Cc2ccccc2)C(=O)NC(C)(C)C)S(=O)(=O)c2ccccc2)cc1. The molecule has 10 heteroatoms. The number of benzene rings is 4. The van der Waals surface area contributed by atoms with E-state index in [1.807, 2.05) is 51.1 Å². The van der Waals surface area contributed by atoms with Gasteiger partial charge in [0, 0.05) is 23.5 Å². The van der Waals surface area contributed by atoms with Crippen molar-refractivity contribution in [2.75, 3.05) is 18.0 Å². The minimum Gasteiger partial charge on any atom is -0.497 e. The molecule has 0 saturated carbocycles. The number of hydrogen-bond donors (Lipinski definition) is 1. The van der Waals surface area contributed by atoms with Crippen LogP contribution in [0.2, 0.25) is 5.02 Å². The number of rotatable bonds is 12. The van der Waals surface area contributed by atoms with Gasteiger partial charge in [-0.2, -0.15) is 0 Å². The van der Waals surface area contributed by atoms with Gasteiger partial charge in [0.05, 0.1) is 17.7 Å². The quantitative estimate of drug-likeness (QED) is 0.201.